The van der Waals surface area contributed by atoms with Gasteiger partial charge in [-0.1, -0.05) is 11.6 Å². The van der Waals surface area contributed by atoms with E-state index in [1.165, 1.54) is 6.07 Å². The molecule has 0 atom stereocenters. The van der Waals surface area contributed by atoms with Crippen molar-refractivity contribution in [3.8, 4) is 28.7 Å². The maximum absolute atomic E-state index is 12.5. The zero-order valence-electron chi connectivity index (χ0n) is 14.6. The smallest absolute Gasteiger partial charge is 0.251 e. The lowest BCUT2D eigenvalue weighted by molar-refractivity contribution is 0.0950. The molecule has 1 amide bonds. The standard InChI is InChI=1S/C18H18ClNO6/c1-22-13-7-15(24-3)14(23-2)6-11(13)8-20-18(21)10-4-12(19)17-16(5-10)25-9-26-17/h4-7H,8-9H2,1-3H3,(H,20,21). The summed E-state index contributed by atoms with van der Waals surface area (Å²) in [5.74, 6) is 2.26. The van der Waals surface area contributed by atoms with E-state index in [2.05, 4.69) is 5.32 Å². The summed E-state index contributed by atoms with van der Waals surface area (Å²) >= 11 is 6.12. The minimum Gasteiger partial charge on any atom is -0.496 e. The van der Waals surface area contributed by atoms with E-state index in [0.29, 0.717) is 39.3 Å². The number of benzene rings is 2. The second kappa shape index (κ2) is 7.61. The summed E-state index contributed by atoms with van der Waals surface area (Å²) in [6.07, 6.45) is 0. The lowest BCUT2D eigenvalue weighted by Crippen LogP contribution is -2.23. The number of amides is 1. The van der Waals surface area contributed by atoms with Crippen molar-refractivity contribution in [2.75, 3.05) is 28.1 Å². The molecule has 0 bridgehead atoms. The average molecular weight is 380 g/mol. The lowest BCUT2D eigenvalue weighted by Gasteiger charge is -2.14. The Bertz CT molecular complexity index is 839. The number of ether oxygens (including phenoxy) is 5. The fourth-order valence-corrected chi connectivity index (χ4v) is 2.87. The van der Waals surface area contributed by atoms with E-state index >= 15 is 0 Å². The second-order valence-corrected chi connectivity index (χ2v) is 5.80. The SMILES string of the molecule is COc1cc(OC)c(OC)cc1CNC(=O)c1cc(Cl)c2c(c1)OCO2. The molecule has 26 heavy (non-hydrogen) atoms. The van der Waals surface area contributed by atoms with E-state index in [1.807, 2.05) is 0 Å². The van der Waals surface area contributed by atoms with Crippen LogP contribution in [0.15, 0.2) is 24.3 Å². The Morgan fingerprint density at radius 3 is 2.42 bits per heavy atom. The molecule has 138 valence electrons. The van der Waals surface area contributed by atoms with E-state index in [0.717, 1.165) is 5.56 Å². The van der Waals surface area contributed by atoms with Crippen LogP contribution in [0.25, 0.3) is 0 Å². The molecular formula is C18H18ClNO6. The molecule has 0 fully saturated rings. The lowest BCUT2D eigenvalue weighted by atomic mass is 10.1. The van der Waals surface area contributed by atoms with Crippen LogP contribution in [0.2, 0.25) is 5.02 Å². The van der Waals surface area contributed by atoms with Gasteiger partial charge in [0, 0.05) is 23.7 Å². The monoisotopic (exact) mass is 379 g/mol. The van der Waals surface area contributed by atoms with Crippen molar-refractivity contribution < 1.29 is 28.5 Å². The highest BCUT2D eigenvalue weighted by Crippen LogP contribution is 2.40. The molecule has 0 saturated heterocycles. The fraction of sp³-hybridized carbons (Fsp3) is 0.278. The molecule has 0 radical (unpaired) electrons. The van der Waals surface area contributed by atoms with E-state index < -0.39 is 0 Å². The van der Waals surface area contributed by atoms with Crippen molar-refractivity contribution in [1.29, 1.82) is 0 Å². The number of fused-ring (bicyclic) bond motifs is 1. The van der Waals surface area contributed by atoms with Gasteiger partial charge in [0.25, 0.3) is 5.91 Å². The Labute approximate surface area is 155 Å². The predicted molar refractivity (Wildman–Crippen MR) is 94.8 cm³/mol. The van der Waals surface area contributed by atoms with Gasteiger partial charge in [-0.15, -0.1) is 0 Å². The predicted octanol–water partition coefficient (Wildman–Crippen LogP) is 3.02. The Balaban J connectivity index is 1.78. The zero-order valence-corrected chi connectivity index (χ0v) is 15.3. The van der Waals surface area contributed by atoms with Gasteiger partial charge in [-0.05, 0) is 18.2 Å². The van der Waals surface area contributed by atoms with Crippen molar-refractivity contribution in [2.24, 2.45) is 0 Å². The van der Waals surface area contributed by atoms with Crippen molar-refractivity contribution in [2.45, 2.75) is 6.54 Å². The van der Waals surface area contributed by atoms with Crippen molar-refractivity contribution in [3.63, 3.8) is 0 Å². The van der Waals surface area contributed by atoms with Crippen LogP contribution in [-0.4, -0.2) is 34.0 Å². The van der Waals surface area contributed by atoms with Crippen LogP contribution in [0.5, 0.6) is 28.7 Å². The van der Waals surface area contributed by atoms with E-state index in [9.17, 15) is 4.79 Å². The van der Waals surface area contributed by atoms with Gasteiger partial charge in [0.15, 0.2) is 23.0 Å². The Morgan fingerprint density at radius 1 is 1.04 bits per heavy atom. The molecule has 0 unspecified atom stereocenters. The van der Waals surface area contributed by atoms with Crippen molar-refractivity contribution in [1.82, 2.24) is 5.32 Å². The summed E-state index contributed by atoms with van der Waals surface area (Å²) < 4.78 is 26.4. The first-order valence-corrected chi connectivity index (χ1v) is 8.11. The number of carbonyl (C=O) groups excluding carboxylic acids is 1. The van der Waals surface area contributed by atoms with Crippen LogP contribution in [-0.2, 0) is 6.54 Å². The number of rotatable bonds is 6. The highest BCUT2D eigenvalue weighted by atomic mass is 35.5. The fourth-order valence-electron chi connectivity index (χ4n) is 2.61. The number of methoxy groups -OCH3 is 3. The van der Waals surface area contributed by atoms with Crippen LogP contribution >= 0.6 is 11.6 Å². The first kappa shape index (κ1) is 18.0. The Kier molecular flexibility index (Phi) is 5.27. The molecular weight excluding hydrogens is 362 g/mol. The molecule has 7 nitrogen and oxygen atoms in total. The quantitative estimate of drug-likeness (QED) is 0.831. The molecule has 0 saturated carbocycles. The van der Waals surface area contributed by atoms with Crippen molar-refractivity contribution in [3.05, 3.63) is 40.4 Å². The molecule has 1 aliphatic rings. The second-order valence-electron chi connectivity index (χ2n) is 5.39. The van der Waals surface area contributed by atoms with Gasteiger partial charge in [0.05, 0.1) is 26.4 Å². The Morgan fingerprint density at radius 2 is 1.73 bits per heavy atom. The Hall–Kier alpha value is -2.80. The highest BCUT2D eigenvalue weighted by Gasteiger charge is 2.21. The van der Waals surface area contributed by atoms with Crippen LogP contribution in [0.1, 0.15) is 15.9 Å². The molecule has 1 aliphatic heterocycles. The van der Waals surface area contributed by atoms with Gasteiger partial charge in [-0.2, -0.15) is 0 Å². The van der Waals surface area contributed by atoms with E-state index in [4.69, 9.17) is 35.3 Å². The van der Waals surface area contributed by atoms with Gasteiger partial charge >= 0.3 is 0 Å². The number of hydrogen-bond acceptors (Lipinski definition) is 6. The first-order valence-electron chi connectivity index (χ1n) is 7.73. The minimum absolute atomic E-state index is 0.0863. The third kappa shape index (κ3) is 3.43. The number of hydrogen-bond donors (Lipinski definition) is 1. The molecule has 3 rings (SSSR count). The van der Waals surface area contributed by atoms with Gasteiger partial charge < -0.3 is 29.0 Å². The zero-order chi connectivity index (χ0) is 18.7. The maximum Gasteiger partial charge on any atom is 0.251 e. The van der Waals surface area contributed by atoms with Crippen LogP contribution in [0.4, 0.5) is 0 Å². The highest BCUT2D eigenvalue weighted by molar-refractivity contribution is 6.32. The molecule has 0 spiro atoms. The minimum atomic E-state index is -0.304. The molecule has 2 aromatic carbocycles. The molecule has 0 aliphatic carbocycles. The summed E-state index contributed by atoms with van der Waals surface area (Å²) in [7, 11) is 4.63. The number of halogens is 1. The van der Waals surface area contributed by atoms with E-state index in [1.54, 1.807) is 39.5 Å². The molecule has 0 aromatic heterocycles. The summed E-state index contributed by atoms with van der Waals surface area (Å²) in [5.41, 5.74) is 1.11. The van der Waals surface area contributed by atoms with Gasteiger partial charge in [-0.25, -0.2) is 0 Å². The maximum atomic E-state index is 12.5. The topological polar surface area (TPSA) is 75.2 Å². The normalized spacial score (nSPS) is 11.8. The summed E-state index contributed by atoms with van der Waals surface area (Å²) in [6, 6.07) is 6.59. The number of carbonyl (C=O) groups is 1. The van der Waals surface area contributed by atoms with Crippen LogP contribution in [0.3, 0.4) is 0 Å². The largest absolute Gasteiger partial charge is 0.496 e. The van der Waals surface area contributed by atoms with Crippen molar-refractivity contribution >= 4 is 17.5 Å². The van der Waals surface area contributed by atoms with E-state index in [-0.39, 0.29) is 19.2 Å². The number of nitrogens with one attached hydrogen (secondary N) is 1. The first-order chi connectivity index (χ1) is 12.6. The third-order valence-corrected chi connectivity index (χ3v) is 4.20. The van der Waals surface area contributed by atoms with Gasteiger partial charge in [-0.3, -0.25) is 4.79 Å². The average Bonchev–Trinajstić information content (AvgIpc) is 3.14. The van der Waals surface area contributed by atoms with Gasteiger partial charge in [0.1, 0.15) is 5.75 Å². The van der Waals surface area contributed by atoms with Gasteiger partial charge in [0.2, 0.25) is 6.79 Å². The molecule has 2 aromatic rings. The summed E-state index contributed by atoms with van der Waals surface area (Å²) in [4.78, 5) is 12.5. The molecule has 1 N–H and O–H groups in total. The summed E-state index contributed by atoms with van der Waals surface area (Å²) in [6.45, 7) is 0.317. The van der Waals surface area contributed by atoms with Crippen LogP contribution in [0, 0.1) is 0 Å². The summed E-state index contributed by atoms with van der Waals surface area (Å²) in [5, 5.41) is 3.15. The third-order valence-electron chi connectivity index (χ3n) is 3.92. The molecule has 1 heterocycles. The molecule has 8 heteroatoms. The van der Waals surface area contributed by atoms with Crippen LogP contribution < -0.4 is 29.0 Å².